The molecular formula is C11H14N4O5S. The Morgan fingerprint density at radius 2 is 2.48 bits per heavy atom. The SMILES string of the molecule is CCOC(=O)c1cn[nH]c1S(=O)(=O)N1CCOC(C#N)C1. The molecule has 0 amide bonds. The highest BCUT2D eigenvalue weighted by Crippen LogP contribution is 2.20. The van der Waals surface area contributed by atoms with E-state index in [4.69, 9.17) is 14.7 Å². The summed E-state index contributed by atoms with van der Waals surface area (Å²) in [5, 5.41) is 14.4. The van der Waals surface area contributed by atoms with Gasteiger partial charge in [0.2, 0.25) is 0 Å². The van der Waals surface area contributed by atoms with Crippen LogP contribution in [0.5, 0.6) is 0 Å². The molecule has 1 aliphatic rings. The molecule has 1 N–H and O–H groups in total. The molecule has 1 aromatic heterocycles. The van der Waals surface area contributed by atoms with Gasteiger partial charge in [0.25, 0.3) is 10.0 Å². The van der Waals surface area contributed by atoms with E-state index in [0.29, 0.717) is 0 Å². The number of carbonyl (C=O) groups is 1. The lowest BCUT2D eigenvalue weighted by molar-refractivity contribution is 0.0310. The molecule has 0 spiro atoms. The summed E-state index contributed by atoms with van der Waals surface area (Å²) in [6, 6.07) is 1.86. The fourth-order valence-electron chi connectivity index (χ4n) is 1.88. The predicted octanol–water partition coefficient (Wildman–Crippen LogP) is -0.501. The number of carbonyl (C=O) groups excluding carboxylic acids is 1. The van der Waals surface area contributed by atoms with E-state index in [-0.39, 0.29) is 36.9 Å². The Balaban J connectivity index is 2.30. The molecule has 2 rings (SSSR count). The number of hydrogen-bond acceptors (Lipinski definition) is 7. The van der Waals surface area contributed by atoms with Gasteiger partial charge in [0.15, 0.2) is 11.1 Å². The van der Waals surface area contributed by atoms with Crippen LogP contribution in [-0.4, -0.2) is 61.3 Å². The Bertz CT molecular complexity index is 662. The van der Waals surface area contributed by atoms with Crippen molar-refractivity contribution >= 4 is 16.0 Å². The van der Waals surface area contributed by atoms with Gasteiger partial charge in [0.05, 0.1) is 32.0 Å². The van der Waals surface area contributed by atoms with Gasteiger partial charge in [-0.15, -0.1) is 0 Å². The third-order valence-corrected chi connectivity index (χ3v) is 4.71. The highest BCUT2D eigenvalue weighted by molar-refractivity contribution is 7.89. The summed E-state index contributed by atoms with van der Waals surface area (Å²) in [7, 11) is -3.97. The number of aromatic amines is 1. The normalized spacial score (nSPS) is 19.9. The van der Waals surface area contributed by atoms with Crippen LogP contribution >= 0.6 is 0 Å². The van der Waals surface area contributed by atoms with Gasteiger partial charge < -0.3 is 9.47 Å². The van der Waals surface area contributed by atoms with Gasteiger partial charge in [-0.3, -0.25) is 5.10 Å². The number of nitriles is 1. The van der Waals surface area contributed by atoms with Gasteiger partial charge in [0, 0.05) is 6.54 Å². The fraction of sp³-hybridized carbons (Fsp3) is 0.545. The van der Waals surface area contributed by atoms with Crippen LogP contribution in [0.4, 0.5) is 0 Å². The van der Waals surface area contributed by atoms with E-state index in [1.54, 1.807) is 6.92 Å². The third kappa shape index (κ3) is 3.05. The zero-order valence-electron chi connectivity index (χ0n) is 11.3. The highest BCUT2D eigenvalue weighted by Gasteiger charge is 2.35. The Morgan fingerprint density at radius 1 is 1.71 bits per heavy atom. The molecule has 0 radical (unpaired) electrons. The average molecular weight is 314 g/mol. The molecule has 1 fully saturated rings. The maximum Gasteiger partial charge on any atom is 0.342 e. The van der Waals surface area contributed by atoms with Crippen molar-refractivity contribution in [1.82, 2.24) is 14.5 Å². The number of ether oxygens (including phenoxy) is 2. The molecule has 9 nitrogen and oxygen atoms in total. The number of rotatable bonds is 4. The Kier molecular flexibility index (Phi) is 4.56. The molecule has 1 aliphatic heterocycles. The molecular weight excluding hydrogens is 300 g/mol. The van der Waals surface area contributed by atoms with Gasteiger partial charge in [0.1, 0.15) is 5.56 Å². The first kappa shape index (κ1) is 15.4. The van der Waals surface area contributed by atoms with Crippen LogP contribution in [-0.2, 0) is 19.5 Å². The lowest BCUT2D eigenvalue weighted by Gasteiger charge is -2.28. The van der Waals surface area contributed by atoms with E-state index in [1.807, 2.05) is 6.07 Å². The number of esters is 1. The number of morpholine rings is 1. The summed E-state index contributed by atoms with van der Waals surface area (Å²) < 4.78 is 36.0. The first-order chi connectivity index (χ1) is 10.0. The van der Waals surface area contributed by atoms with Crippen molar-refractivity contribution in [1.29, 1.82) is 5.26 Å². The second-order valence-electron chi connectivity index (χ2n) is 4.18. The van der Waals surface area contributed by atoms with Crippen LogP contribution in [0.3, 0.4) is 0 Å². The first-order valence-corrected chi connectivity index (χ1v) is 7.66. The molecule has 1 unspecified atom stereocenters. The second kappa shape index (κ2) is 6.21. The molecule has 114 valence electrons. The number of nitrogens with one attached hydrogen (secondary N) is 1. The Labute approximate surface area is 121 Å². The molecule has 10 heteroatoms. The molecule has 1 aromatic rings. The van der Waals surface area contributed by atoms with E-state index in [2.05, 4.69) is 10.2 Å². The quantitative estimate of drug-likeness (QED) is 0.742. The summed E-state index contributed by atoms with van der Waals surface area (Å²) in [6.45, 7) is 1.85. The van der Waals surface area contributed by atoms with Crippen molar-refractivity contribution in [3.05, 3.63) is 11.8 Å². The first-order valence-electron chi connectivity index (χ1n) is 6.22. The van der Waals surface area contributed by atoms with Crippen LogP contribution < -0.4 is 0 Å². The topological polar surface area (TPSA) is 125 Å². The zero-order chi connectivity index (χ0) is 15.5. The number of hydrogen-bond donors (Lipinski definition) is 1. The molecule has 21 heavy (non-hydrogen) atoms. The zero-order valence-corrected chi connectivity index (χ0v) is 12.1. The number of aromatic nitrogens is 2. The lowest BCUT2D eigenvalue weighted by Crippen LogP contribution is -2.45. The number of sulfonamides is 1. The van der Waals surface area contributed by atoms with E-state index in [1.165, 1.54) is 0 Å². The molecule has 0 aliphatic carbocycles. The summed E-state index contributed by atoms with van der Waals surface area (Å²) in [6.07, 6.45) is 0.273. The van der Waals surface area contributed by atoms with Crippen molar-refractivity contribution in [2.24, 2.45) is 0 Å². The van der Waals surface area contributed by atoms with E-state index < -0.39 is 22.1 Å². The van der Waals surface area contributed by atoms with Crippen LogP contribution in [0.1, 0.15) is 17.3 Å². The summed E-state index contributed by atoms with van der Waals surface area (Å²) in [5.41, 5.74) is -0.156. The highest BCUT2D eigenvalue weighted by atomic mass is 32.2. The van der Waals surface area contributed by atoms with Crippen LogP contribution in [0, 0.1) is 11.3 Å². The maximum absolute atomic E-state index is 12.5. The second-order valence-corrected chi connectivity index (χ2v) is 6.06. The fourth-order valence-corrected chi connectivity index (χ4v) is 3.36. The number of H-pyrrole nitrogens is 1. The molecule has 1 saturated heterocycles. The Morgan fingerprint density at radius 3 is 3.14 bits per heavy atom. The molecule has 0 saturated carbocycles. The van der Waals surface area contributed by atoms with Crippen molar-refractivity contribution < 1.29 is 22.7 Å². The molecule has 1 atom stereocenters. The van der Waals surface area contributed by atoms with Gasteiger partial charge in [-0.25, -0.2) is 13.2 Å². The third-order valence-electron chi connectivity index (χ3n) is 2.87. The minimum absolute atomic E-state index is 0.0971. The van der Waals surface area contributed by atoms with Gasteiger partial charge in [-0.05, 0) is 6.92 Å². The van der Waals surface area contributed by atoms with Gasteiger partial charge in [-0.1, -0.05) is 0 Å². The largest absolute Gasteiger partial charge is 0.462 e. The molecule has 0 aromatic carbocycles. The standard InChI is InChI=1S/C11H14N4O5S/c1-2-19-11(16)9-6-13-14-10(9)21(17,18)15-3-4-20-8(5-12)7-15/h6,8H,2-4,7H2,1H3,(H,13,14). The van der Waals surface area contributed by atoms with Crippen molar-refractivity contribution in [2.75, 3.05) is 26.3 Å². The smallest absolute Gasteiger partial charge is 0.342 e. The predicted molar refractivity (Wildman–Crippen MR) is 68.7 cm³/mol. The summed E-state index contributed by atoms with van der Waals surface area (Å²) >= 11 is 0. The number of nitrogens with zero attached hydrogens (tertiary/aromatic N) is 3. The summed E-state index contributed by atoms with van der Waals surface area (Å²) in [5.74, 6) is -0.769. The summed E-state index contributed by atoms with van der Waals surface area (Å²) in [4.78, 5) is 11.7. The van der Waals surface area contributed by atoms with Crippen molar-refractivity contribution in [2.45, 2.75) is 18.1 Å². The minimum atomic E-state index is -3.97. The Hall–Kier alpha value is -1.96. The van der Waals surface area contributed by atoms with Gasteiger partial charge in [-0.2, -0.15) is 14.7 Å². The lowest BCUT2D eigenvalue weighted by atomic mass is 10.3. The van der Waals surface area contributed by atoms with Crippen molar-refractivity contribution in [3.63, 3.8) is 0 Å². The maximum atomic E-state index is 12.5. The van der Waals surface area contributed by atoms with Crippen molar-refractivity contribution in [3.8, 4) is 6.07 Å². The van der Waals surface area contributed by atoms with Crippen LogP contribution in [0.25, 0.3) is 0 Å². The van der Waals surface area contributed by atoms with Crippen LogP contribution in [0.15, 0.2) is 11.2 Å². The monoisotopic (exact) mass is 314 g/mol. The molecule has 0 bridgehead atoms. The van der Waals surface area contributed by atoms with E-state index in [0.717, 1.165) is 10.5 Å². The van der Waals surface area contributed by atoms with E-state index >= 15 is 0 Å². The average Bonchev–Trinajstić information content (AvgIpc) is 2.98. The van der Waals surface area contributed by atoms with Gasteiger partial charge >= 0.3 is 5.97 Å². The van der Waals surface area contributed by atoms with Crippen LogP contribution in [0.2, 0.25) is 0 Å². The van der Waals surface area contributed by atoms with E-state index in [9.17, 15) is 13.2 Å². The molecule has 2 heterocycles. The minimum Gasteiger partial charge on any atom is -0.462 e.